The second kappa shape index (κ2) is 16.7. The fourth-order valence-electron chi connectivity index (χ4n) is 5.48. The predicted octanol–water partition coefficient (Wildman–Crippen LogP) is 1.72. The minimum absolute atomic E-state index is 0.261. The number of carbonyl (C=O) groups excluding carboxylic acids is 1. The van der Waals surface area contributed by atoms with Gasteiger partial charge in [-0.15, -0.1) is 0 Å². The number of hydrogen-bond acceptors (Lipinski definition) is 7. The highest BCUT2D eigenvalue weighted by atomic mass is 16.3. The Balaban J connectivity index is 1.90. The molecule has 6 N–H and O–H groups in total. The summed E-state index contributed by atoms with van der Waals surface area (Å²) in [7, 11) is 0. The molecule has 0 aliphatic carbocycles. The monoisotopic (exact) mass is 558 g/mol. The second-order valence-corrected chi connectivity index (χ2v) is 10.8. The van der Waals surface area contributed by atoms with E-state index in [0.29, 0.717) is 64.5 Å². The van der Waals surface area contributed by atoms with Crippen molar-refractivity contribution in [1.82, 2.24) is 9.80 Å². The molecule has 2 aromatic carbocycles. The molecule has 1 aliphatic rings. The first-order chi connectivity index (χ1) is 19.3. The van der Waals surface area contributed by atoms with Gasteiger partial charge in [0.15, 0.2) is 0 Å². The highest BCUT2D eigenvalue weighted by molar-refractivity contribution is 5.76. The fourth-order valence-corrected chi connectivity index (χ4v) is 5.48. The van der Waals surface area contributed by atoms with Gasteiger partial charge in [-0.2, -0.15) is 0 Å². The smallest absolute Gasteiger partial charge is 0.320 e. The molecule has 0 spiro atoms. The van der Waals surface area contributed by atoms with E-state index in [4.69, 9.17) is 10.2 Å². The van der Waals surface area contributed by atoms with Gasteiger partial charge in [-0.25, -0.2) is 4.79 Å². The number of benzene rings is 2. The van der Waals surface area contributed by atoms with Gasteiger partial charge < -0.3 is 40.4 Å². The van der Waals surface area contributed by atoms with Gasteiger partial charge in [0, 0.05) is 13.1 Å². The highest BCUT2D eigenvalue weighted by Crippen LogP contribution is 2.28. The van der Waals surface area contributed by atoms with E-state index in [9.17, 15) is 25.2 Å². The van der Waals surface area contributed by atoms with Crippen molar-refractivity contribution in [2.45, 2.75) is 87.9 Å². The Bertz CT molecular complexity index is 903. The van der Waals surface area contributed by atoms with Crippen molar-refractivity contribution in [2.75, 3.05) is 26.3 Å². The lowest BCUT2D eigenvalue weighted by molar-refractivity contribution is -0.0398. The first kappa shape index (κ1) is 32.0. The van der Waals surface area contributed by atoms with Gasteiger partial charge >= 0.3 is 6.03 Å². The minimum atomic E-state index is -1.19. The van der Waals surface area contributed by atoms with Crippen molar-refractivity contribution in [3.63, 3.8) is 0 Å². The van der Waals surface area contributed by atoms with Gasteiger partial charge in [0.1, 0.15) is 12.2 Å². The van der Waals surface area contributed by atoms with Gasteiger partial charge in [-0.3, -0.25) is 0 Å². The van der Waals surface area contributed by atoms with Crippen molar-refractivity contribution in [3.05, 3.63) is 71.8 Å². The van der Waals surface area contributed by atoms with E-state index < -0.39 is 36.5 Å². The summed E-state index contributed by atoms with van der Waals surface area (Å²) in [4.78, 5) is 17.6. The van der Waals surface area contributed by atoms with Crippen molar-refractivity contribution in [1.29, 1.82) is 0 Å². The summed E-state index contributed by atoms with van der Waals surface area (Å²) >= 11 is 0. The molecule has 3 rings (SSSR count). The number of amides is 2. The molecule has 2 aromatic rings. The quantitative estimate of drug-likeness (QED) is 0.172. The van der Waals surface area contributed by atoms with Crippen molar-refractivity contribution in [2.24, 2.45) is 0 Å². The zero-order valence-corrected chi connectivity index (χ0v) is 23.2. The van der Waals surface area contributed by atoms with Crippen LogP contribution in [0.25, 0.3) is 0 Å². The predicted molar refractivity (Wildman–Crippen MR) is 153 cm³/mol. The molecule has 0 saturated carbocycles. The van der Waals surface area contributed by atoms with Crippen LogP contribution in [0.1, 0.15) is 49.7 Å². The van der Waals surface area contributed by atoms with Crippen LogP contribution in [0.3, 0.4) is 0 Å². The second-order valence-electron chi connectivity index (χ2n) is 10.8. The summed E-state index contributed by atoms with van der Waals surface area (Å²) in [5.74, 6) is 0. The van der Waals surface area contributed by atoms with Crippen LogP contribution < -0.4 is 0 Å². The molecular weight excluding hydrogens is 512 g/mol. The van der Waals surface area contributed by atoms with Gasteiger partial charge in [0.25, 0.3) is 0 Å². The molecule has 1 saturated heterocycles. The van der Waals surface area contributed by atoms with E-state index in [1.807, 2.05) is 60.7 Å². The van der Waals surface area contributed by atoms with E-state index >= 15 is 0 Å². The van der Waals surface area contributed by atoms with Crippen molar-refractivity contribution in [3.8, 4) is 0 Å². The molecule has 2 amide bonds. The summed E-state index contributed by atoms with van der Waals surface area (Å²) in [6, 6.07) is 17.6. The molecule has 6 atom stereocenters. The van der Waals surface area contributed by atoms with Gasteiger partial charge in [-0.05, 0) is 62.5 Å². The lowest BCUT2D eigenvalue weighted by Gasteiger charge is -2.36. The third kappa shape index (κ3) is 9.26. The third-order valence-corrected chi connectivity index (χ3v) is 7.80. The summed E-state index contributed by atoms with van der Waals surface area (Å²) in [5, 5.41) is 61.0. The number of nitrogens with zero attached hydrogens (tertiary/aromatic N) is 2. The number of aliphatic hydroxyl groups is 6. The van der Waals surface area contributed by atoms with Crippen LogP contribution >= 0.6 is 0 Å². The Kier molecular flexibility index (Phi) is 13.3. The lowest BCUT2D eigenvalue weighted by Crippen LogP contribution is -2.51. The lowest BCUT2D eigenvalue weighted by atomic mass is 9.91. The Morgan fingerprint density at radius 3 is 1.35 bits per heavy atom. The Morgan fingerprint density at radius 1 is 0.625 bits per heavy atom. The largest absolute Gasteiger partial charge is 0.394 e. The zero-order chi connectivity index (χ0) is 28.9. The van der Waals surface area contributed by atoms with E-state index in [0.717, 1.165) is 11.1 Å². The van der Waals surface area contributed by atoms with Crippen LogP contribution in [0, 0.1) is 0 Å². The maximum Gasteiger partial charge on any atom is 0.320 e. The molecule has 0 bridgehead atoms. The number of carbonyl (C=O) groups is 1. The average Bonchev–Trinajstić information content (AvgIpc) is 3.04. The van der Waals surface area contributed by atoms with E-state index in [1.54, 1.807) is 9.80 Å². The molecule has 2 unspecified atom stereocenters. The van der Waals surface area contributed by atoms with Crippen LogP contribution in [-0.2, 0) is 12.8 Å². The molecule has 1 aliphatic heterocycles. The van der Waals surface area contributed by atoms with Gasteiger partial charge in [0.2, 0.25) is 0 Å². The van der Waals surface area contributed by atoms with Crippen LogP contribution in [0.5, 0.6) is 0 Å². The molecular formula is C31H46N2O7. The normalized spacial score (nSPS) is 23.2. The molecule has 0 aromatic heterocycles. The third-order valence-electron chi connectivity index (χ3n) is 7.80. The Labute approximate surface area is 237 Å². The molecule has 9 heteroatoms. The zero-order valence-electron chi connectivity index (χ0n) is 23.2. The van der Waals surface area contributed by atoms with Gasteiger partial charge in [-0.1, -0.05) is 60.7 Å². The molecule has 0 radical (unpaired) electrons. The number of rotatable bonds is 16. The first-order valence-electron chi connectivity index (χ1n) is 14.4. The summed E-state index contributed by atoms with van der Waals surface area (Å²) in [5.41, 5.74) is 1.89. The average molecular weight is 559 g/mol. The maximum absolute atomic E-state index is 14.3. The van der Waals surface area contributed by atoms with Crippen LogP contribution in [-0.4, -0.2) is 109 Å². The highest BCUT2D eigenvalue weighted by Gasteiger charge is 2.45. The number of hydrogen-bond donors (Lipinski definition) is 6. The maximum atomic E-state index is 14.3. The van der Waals surface area contributed by atoms with Crippen molar-refractivity contribution >= 4 is 6.03 Å². The molecule has 40 heavy (non-hydrogen) atoms. The van der Waals surface area contributed by atoms with Crippen LogP contribution in [0.15, 0.2) is 60.7 Å². The van der Waals surface area contributed by atoms with E-state index in [-0.39, 0.29) is 19.2 Å². The first-order valence-corrected chi connectivity index (χ1v) is 14.4. The van der Waals surface area contributed by atoms with Crippen molar-refractivity contribution < 1.29 is 35.4 Å². The van der Waals surface area contributed by atoms with Gasteiger partial charge in [0.05, 0.1) is 37.5 Å². The summed E-state index contributed by atoms with van der Waals surface area (Å²) < 4.78 is 0. The topological polar surface area (TPSA) is 145 Å². The van der Waals surface area contributed by atoms with E-state index in [2.05, 4.69) is 0 Å². The van der Waals surface area contributed by atoms with Crippen LogP contribution in [0.2, 0.25) is 0 Å². The summed E-state index contributed by atoms with van der Waals surface area (Å²) in [6.45, 7) is 0.0281. The van der Waals surface area contributed by atoms with Crippen LogP contribution in [0.4, 0.5) is 4.79 Å². The fraction of sp³-hybridized carbons (Fsp3) is 0.581. The molecule has 222 valence electrons. The minimum Gasteiger partial charge on any atom is -0.394 e. The molecule has 1 fully saturated rings. The Morgan fingerprint density at radius 2 is 1.00 bits per heavy atom. The summed E-state index contributed by atoms with van der Waals surface area (Å²) in [6.07, 6.45) is -0.138. The number of aliphatic hydroxyl groups excluding tert-OH is 6. The SMILES string of the molecule is O=C1N(CCCCC(O)CO)[C@H](Cc2ccccc2)[C@H](O)[C@@H](O)[C@@H](Cc2ccccc2)N1CCCCC(O)CO. The molecule has 9 nitrogen and oxygen atoms in total. The molecule has 1 heterocycles. The number of urea groups is 1. The van der Waals surface area contributed by atoms with E-state index in [1.165, 1.54) is 0 Å². The number of unbranched alkanes of at least 4 members (excludes halogenated alkanes) is 2. The standard InChI is InChI=1S/C31H46N2O7/c34-21-25(36)15-7-9-17-32-27(19-23-11-3-1-4-12-23)29(38)30(39)28(20-24-13-5-2-6-14-24)33(31(32)40)18-10-8-16-26(37)22-35/h1-6,11-14,25-30,34-39H,7-10,15-22H2/t25?,26?,27-,28-,29+,30+/m1/s1. The Hall–Kier alpha value is -2.53.